The smallest absolute Gasteiger partial charge is 0.329 e. The molecule has 0 aromatic heterocycles. The standard InChI is InChI=1S/C32H56N4O6/c1-22(2)25(17-24-11-12-27(40-6)28(18-24)41-16-10-15-39-5)19-26(34)29(21-36-13-8-7-9-14-36)42-32(38)31(23(3)4)35-30(37)20-33/h11-12,18,22-23,25-26,29,31H,7-10,13-17,19-21,33-34H2,1-6H3,(H,35,37)/t25-,26-,29-,31-/m0/s1. The number of amides is 1. The zero-order valence-corrected chi connectivity index (χ0v) is 26.7. The van der Waals surface area contributed by atoms with Gasteiger partial charge in [-0.05, 0) is 74.2 Å². The van der Waals surface area contributed by atoms with E-state index in [1.165, 1.54) is 6.42 Å². The van der Waals surface area contributed by atoms with Crippen molar-refractivity contribution in [2.75, 3.05) is 53.6 Å². The van der Waals surface area contributed by atoms with E-state index >= 15 is 0 Å². The van der Waals surface area contributed by atoms with E-state index in [2.05, 4.69) is 30.1 Å². The van der Waals surface area contributed by atoms with Gasteiger partial charge in [-0.1, -0.05) is 40.2 Å². The van der Waals surface area contributed by atoms with Gasteiger partial charge in [-0.3, -0.25) is 9.69 Å². The summed E-state index contributed by atoms with van der Waals surface area (Å²) in [6, 6.07) is 4.91. The first-order valence-corrected chi connectivity index (χ1v) is 15.6. The van der Waals surface area contributed by atoms with Crippen LogP contribution >= 0.6 is 0 Å². The number of rotatable bonds is 19. The Morgan fingerprint density at radius 1 is 1.00 bits per heavy atom. The Bertz CT molecular complexity index is 938. The van der Waals surface area contributed by atoms with Gasteiger partial charge in [0, 0.05) is 32.7 Å². The summed E-state index contributed by atoms with van der Waals surface area (Å²) in [5.74, 6) is 1.01. The highest BCUT2D eigenvalue weighted by Crippen LogP contribution is 2.31. The predicted molar refractivity (Wildman–Crippen MR) is 166 cm³/mol. The van der Waals surface area contributed by atoms with Gasteiger partial charge >= 0.3 is 5.97 Å². The van der Waals surface area contributed by atoms with E-state index in [4.69, 9.17) is 30.4 Å². The maximum Gasteiger partial charge on any atom is 0.329 e. The van der Waals surface area contributed by atoms with Crippen LogP contribution in [-0.2, 0) is 25.5 Å². The summed E-state index contributed by atoms with van der Waals surface area (Å²) in [6.45, 7) is 11.6. The van der Waals surface area contributed by atoms with E-state index in [1.54, 1.807) is 14.2 Å². The Hall–Kier alpha value is -2.40. The van der Waals surface area contributed by atoms with Gasteiger partial charge < -0.3 is 35.7 Å². The lowest BCUT2D eigenvalue weighted by Crippen LogP contribution is -2.53. The molecule has 10 nitrogen and oxygen atoms in total. The van der Waals surface area contributed by atoms with Crippen LogP contribution in [0.25, 0.3) is 0 Å². The maximum absolute atomic E-state index is 13.3. The van der Waals surface area contributed by atoms with Crippen LogP contribution in [0.4, 0.5) is 0 Å². The monoisotopic (exact) mass is 592 g/mol. The molecule has 4 atom stereocenters. The van der Waals surface area contributed by atoms with Gasteiger partial charge in [0.05, 0.1) is 20.3 Å². The van der Waals surface area contributed by atoms with E-state index in [1.807, 2.05) is 26.0 Å². The van der Waals surface area contributed by atoms with Crippen molar-refractivity contribution in [3.8, 4) is 11.5 Å². The molecular formula is C32H56N4O6. The number of likely N-dealkylation sites (tertiary alicyclic amines) is 1. The topological polar surface area (TPSA) is 138 Å². The van der Waals surface area contributed by atoms with Crippen molar-refractivity contribution >= 4 is 11.9 Å². The Kier molecular flexibility index (Phi) is 16.2. The van der Waals surface area contributed by atoms with E-state index in [9.17, 15) is 9.59 Å². The summed E-state index contributed by atoms with van der Waals surface area (Å²) < 4.78 is 22.8. The molecule has 1 amide bonds. The quantitative estimate of drug-likeness (QED) is 0.163. The Morgan fingerprint density at radius 3 is 2.31 bits per heavy atom. The van der Waals surface area contributed by atoms with Crippen LogP contribution in [0, 0.1) is 17.8 Å². The molecule has 0 unspecified atom stereocenters. The second-order valence-electron chi connectivity index (χ2n) is 12.1. The molecule has 1 saturated heterocycles. The third-order valence-corrected chi connectivity index (χ3v) is 8.05. The van der Waals surface area contributed by atoms with Gasteiger partial charge in [-0.25, -0.2) is 4.79 Å². The van der Waals surface area contributed by atoms with Gasteiger partial charge in [0.15, 0.2) is 11.5 Å². The summed E-state index contributed by atoms with van der Waals surface area (Å²) >= 11 is 0. The number of nitrogens with two attached hydrogens (primary N) is 2. The van der Waals surface area contributed by atoms with E-state index in [-0.39, 0.29) is 30.3 Å². The minimum Gasteiger partial charge on any atom is -0.493 e. The van der Waals surface area contributed by atoms with Crippen molar-refractivity contribution in [3.05, 3.63) is 23.8 Å². The molecule has 1 fully saturated rings. The minimum absolute atomic E-state index is 0.149. The van der Waals surface area contributed by atoms with E-state index in [0.29, 0.717) is 43.6 Å². The lowest BCUT2D eigenvalue weighted by Gasteiger charge is -2.35. The number of carbonyl (C=O) groups is 2. The highest BCUT2D eigenvalue weighted by Gasteiger charge is 2.33. The number of carbonyl (C=O) groups excluding carboxylic acids is 2. The number of hydrogen-bond acceptors (Lipinski definition) is 9. The van der Waals surface area contributed by atoms with Crippen molar-refractivity contribution in [1.82, 2.24) is 10.2 Å². The van der Waals surface area contributed by atoms with E-state index < -0.39 is 18.1 Å². The molecule has 10 heteroatoms. The zero-order chi connectivity index (χ0) is 31.1. The molecule has 1 aliphatic rings. The normalized spacial score (nSPS) is 17.0. The molecule has 0 bridgehead atoms. The third kappa shape index (κ3) is 12.1. The SMILES string of the molecule is COCCCOc1cc(C[C@@H](C[C@H](N)[C@H](CN2CCCCC2)OC(=O)[C@@H](NC(=O)CN)C(C)C)C(C)C)ccc1OC. The lowest BCUT2D eigenvalue weighted by molar-refractivity contribution is -0.156. The molecule has 1 aromatic carbocycles. The van der Waals surface area contributed by atoms with Crippen LogP contribution in [0.15, 0.2) is 18.2 Å². The molecule has 2 rings (SSSR count). The molecule has 0 radical (unpaired) electrons. The molecule has 0 spiro atoms. The number of nitrogens with zero attached hydrogens (tertiary/aromatic N) is 1. The number of nitrogens with one attached hydrogen (secondary N) is 1. The van der Waals surface area contributed by atoms with Crippen LogP contribution in [0.3, 0.4) is 0 Å². The van der Waals surface area contributed by atoms with Gasteiger partial charge in [0.25, 0.3) is 0 Å². The number of benzene rings is 1. The lowest BCUT2D eigenvalue weighted by atomic mass is 9.83. The van der Waals surface area contributed by atoms with Crippen LogP contribution in [0.5, 0.6) is 11.5 Å². The van der Waals surface area contributed by atoms with Crippen LogP contribution in [0.2, 0.25) is 0 Å². The molecule has 240 valence electrons. The number of methoxy groups -OCH3 is 2. The first-order valence-electron chi connectivity index (χ1n) is 15.6. The average Bonchev–Trinajstić information content (AvgIpc) is 2.97. The Labute approximate surface area is 253 Å². The summed E-state index contributed by atoms with van der Waals surface area (Å²) in [4.78, 5) is 27.7. The molecule has 5 N–H and O–H groups in total. The molecule has 0 aliphatic carbocycles. The van der Waals surface area contributed by atoms with Gasteiger partial charge in [0.2, 0.25) is 5.91 Å². The molecule has 1 heterocycles. The number of piperidine rings is 1. The predicted octanol–water partition coefficient (Wildman–Crippen LogP) is 3.14. The molecule has 42 heavy (non-hydrogen) atoms. The first kappa shape index (κ1) is 35.8. The highest BCUT2D eigenvalue weighted by molar-refractivity contribution is 5.85. The number of hydrogen-bond donors (Lipinski definition) is 3. The van der Waals surface area contributed by atoms with Crippen molar-refractivity contribution in [2.45, 2.75) is 84.4 Å². The largest absolute Gasteiger partial charge is 0.493 e. The third-order valence-electron chi connectivity index (χ3n) is 8.05. The number of ether oxygens (including phenoxy) is 4. The molecular weight excluding hydrogens is 536 g/mol. The van der Waals surface area contributed by atoms with Crippen LogP contribution in [0.1, 0.15) is 65.4 Å². The summed E-state index contributed by atoms with van der Waals surface area (Å²) in [5, 5.41) is 2.72. The van der Waals surface area contributed by atoms with Crippen LogP contribution < -0.4 is 26.3 Å². The fourth-order valence-electron chi connectivity index (χ4n) is 5.35. The highest BCUT2D eigenvalue weighted by atomic mass is 16.5. The van der Waals surface area contributed by atoms with Gasteiger partial charge in [0.1, 0.15) is 12.1 Å². The molecule has 0 saturated carbocycles. The fourth-order valence-corrected chi connectivity index (χ4v) is 5.35. The minimum atomic E-state index is -0.778. The van der Waals surface area contributed by atoms with Gasteiger partial charge in [-0.2, -0.15) is 0 Å². The second-order valence-corrected chi connectivity index (χ2v) is 12.1. The summed E-state index contributed by atoms with van der Waals surface area (Å²) in [6.07, 6.45) is 5.23. The summed E-state index contributed by atoms with van der Waals surface area (Å²) in [7, 11) is 3.32. The first-order chi connectivity index (χ1) is 20.1. The molecule has 1 aliphatic heterocycles. The number of esters is 1. The van der Waals surface area contributed by atoms with Crippen molar-refractivity contribution < 1.29 is 28.5 Å². The van der Waals surface area contributed by atoms with Crippen molar-refractivity contribution in [1.29, 1.82) is 0 Å². The summed E-state index contributed by atoms with van der Waals surface area (Å²) in [5.41, 5.74) is 13.5. The van der Waals surface area contributed by atoms with Crippen molar-refractivity contribution in [3.63, 3.8) is 0 Å². The average molecular weight is 593 g/mol. The zero-order valence-electron chi connectivity index (χ0n) is 26.7. The molecule has 1 aromatic rings. The fraction of sp³-hybridized carbons (Fsp3) is 0.750. The second kappa shape index (κ2) is 19.0. The Balaban J connectivity index is 2.20. The van der Waals surface area contributed by atoms with Gasteiger partial charge in [-0.15, -0.1) is 0 Å². The Morgan fingerprint density at radius 2 is 1.71 bits per heavy atom. The van der Waals surface area contributed by atoms with E-state index in [0.717, 1.165) is 44.3 Å². The van der Waals surface area contributed by atoms with Crippen LogP contribution in [-0.4, -0.2) is 88.6 Å². The van der Waals surface area contributed by atoms with Crippen molar-refractivity contribution in [2.24, 2.45) is 29.2 Å². The maximum atomic E-state index is 13.3.